The van der Waals surface area contributed by atoms with Gasteiger partial charge in [-0.3, -0.25) is 19.7 Å². The number of carbonyl (C=O) groups is 1. The van der Waals surface area contributed by atoms with E-state index in [1.807, 2.05) is 60.7 Å². The SMILES string of the molecule is CN(CCO)CNC(=O)c1ccc(C2=NC=CC3C2=CC=CC3c2cnc3ccccc3c2)cc1NC1CCC(O)CC1. The molecule has 0 bridgehead atoms. The molecule has 0 radical (unpaired) electrons. The molecule has 1 aliphatic heterocycles. The van der Waals surface area contributed by atoms with E-state index in [9.17, 15) is 15.0 Å². The standard InChI is InChI=1S/C35H39N5O3/c1-40(17-18-41)22-38-35(43)31-14-9-24(20-33(31)39-26-10-12-27(42)13-11-26)34-30-7-4-6-28(29(30)15-16-36-34)25-19-23-5-2-3-8-32(23)37-21-25/h2-9,14-16,19-21,26-29,39,41-42H,10-13,17-18,22H2,1H3,(H,38,43). The topological polar surface area (TPSA) is 110 Å². The highest BCUT2D eigenvalue weighted by Gasteiger charge is 2.31. The van der Waals surface area contributed by atoms with Crippen LogP contribution in [0.4, 0.5) is 5.69 Å². The van der Waals surface area contributed by atoms with E-state index in [2.05, 4.69) is 47.1 Å². The van der Waals surface area contributed by atoms with Crippen LogP contribution in [-0.2, 0) is 0 Å². The van der Waals surface area contributed by atoms with Gasteiger partial charge < -0.3 is 20.8 Å². The number of para-hydroxylation sites is 1. The van der Waals surface area contributed by atoms with Crippen LogP contribution < -0.4 is 10.6 Å². The van der Waals surface area contributed by atoms with E-state index in [0.29, 0.717) is 18.8 Å². The minimum atomic E-state index is -0.258. The molecular weight excluding hydrogens is 538 g/mol. The molecule has 4 N–H and O–H groups in total. The summed E-state index contributed by atoms with van der Waals surface area (Å²) in [6.45, 7) is 0.838. The first-order valence-corrected chi connectivity index (χ1v) is 15.1. The van der Waals surface area contributed by atoms with Gasteiger partial charge in [0.05, 0.1) is 36.2 Å². The summed E-state index contributed by atoms with van der Waals surface area (Å²) >= 11 is 0. The summed E-state index contributed by atoms with van der Waals surface area (Å²) in [7, 11) is 1.85. The summed E-state index contributed by atoms with van der Waals surface area (Å²) in [5.41, 5.74) is 6.45. The third-order valence-corrected chi connectivity index (χ3v) is 8.69. The van der Waals surface area contributed by atoms with Gasteiger partial charge in [-0.05, 0) is 68.1 Å². The zero-order valence-corrected chi connectivity index (χ0v) is 24.5. The Bertz CT molecular complexity index is 1600. The number of aliphatic hydroxyl groups excluding tert-OH is 2. The number of carbonyl (C=O) groups excluding carboxylic acids is 1. The van der Waals surface area contributed by atoms with Gasteiger partial charge in [0.15, 0.2) is 0 Å². The quantitative estimate of drug-likeness (QED) is 0.273. The summed E-state index contributed by atoms with van der Waals surface area (Å²) in [6, 6.07) is 16.5. The molecule has 1 saturated carbocycles. The fraction of sp³-hybridized carbons (Fsp3) is 0.343. The summed E-state index contributed by atoms with van der Waals surface area (Å²) in [6.07, 6.45) is 15.4. The molecule has 222 valence electrons. The Morgan fingerprint density at radius 1 is 1.05 bits per heavy atom. The van der Waals surface area contributed by atoms with Crippen molar-refractivity contribution in [3.8, 4) is 0 Å². The maximum Gasteiger partial charge on any atom is 0.254 e. The predicted molar refractivity (Wildman–Crippen MR) is 171 cm³/mol. The van der Waals surface area contributed by atoms with Crippen LogP contribution in [0.25, 0.3) is 10.9 Å². The number of aromatic nitrogens is 1. The maximum atomic E-state index is 13.3. The van der Waals surface area contributed by atoms with Gasteiger partial charge in [0.2, 0.25) is 0 Å². The van der Waals surface area contributed by atoms with Crippen LogP contribution in [0.5, 0.6) is 0 Å². The van der Waals surface area contributed by atoms with Crippen molar-refractivity contribution in [3.05, 3.63) is 107 Å². The highest BCUT2D eigenvalue weighted by Crippen LogP contribution is 2.40. The Morgan fingerprint density at radius 3 is 2.72 bits per heavy atom. The number of pyridine rings is 1. The van der Waals surface area contributed by atoms with Crippen LogP contribution in [-0.4, -0.2) is 70.7 Å². The zero-order chi connectivity index (χ0) is 29.8. The number of benzene rings is 2. The first kappa shape index (κ1) is 29.0. The minimum Gasteiger partial charge on any atom is -0.395 e. The Kier molecular flexibility index (Phi) is 8.79. The number of aliphatic hydroxyl groups is 2. The number of nitrogens with one attached hydrogen (secondary N) is 2. The molecule has 2 aromatic carbocycles. The lowest BCUT2D eigenvalue weighted by atomic mass is 9.75. The molecule has 43 heavy (non-hydrogen) atoms. The molecule has 2 heterocycles. The van der Waals surface area contributed by atoms with E-state index < -0.39 is 0 Å². The lowest BCUT2D eigenvalue weighted by molar-refractivity contribution is 0.0924. The van der Waals surface area contributed by atoms with Gasteiger partial charge in [-0.2, -0.15) is 0 Å². The lowest BCUT2D eigenvalue weighted by Crippen LogP contribution is -2.37. The average Bonchev–Trinajstić information content (AvgIpc) is 3.04. The summed E-state index contributed by atoms with van der Waals surface area (Å²) in [5.74, 6) is 0.0644. The summed E-state index contributed by atoms with van der Waals surface area (Å²) < 4.78 is 0. The van der Waals surface area contributed by atoms with Crippen LogP contribution in [0.1, 0.15) is 53.1 Å². The molecule has 6 rings (SSSR count). The van der Waals surface area contributed by atoms with Crippen LogP contribution in [0, 0.1) is 5.92 Å². The first-order chi connectivity index (χ1) is 21.0. The Morgan fingerprint density at radius 2 is 1.88 bits per heavy atom. The van der Waals surface area contributed by atoms with E-state index in [-0.39, 0.29) is 36.5 Å². The molecule has 1 fully saturated rings. The molecule has 8 heteroatoms. The maximum absolute atomic E-state index is 13.3. The monoisotopic (exact) mass is 577 g/mol. The highest BCUT2D eigenvalue weighted by atomic mass is 16.3. The molecule has 2 aliphatic carbocycles. The molecule has 1 amide bonds. The molecule has 8 nitrogen and oxygen atoms in total. The molecule has 2 atom stereocenters. The van der Waals surface area contributed by atoms with Crippen molar-refractivity contribution < 1.29 is 15.0 Å². The third kappa shape index (κ3) is 6.46. The Balaban J connectivity index is 1.28. The molecule has 1 aromatic heterocycles. The second-order valence-corrected chi connectivity index (χ2v) is 11.7. The van der Waals surface area contributed by atoms with Crippen molar-refractivity contribution in [2.75, 3.05) is 32.2 Å². The van der Waals surface area contributed by atoms with Crippen molar-refractivity contribution in [3.63, 3.8) is 0 Å². The molecule has 3 aliphatic rings. The van der Waals surface area contributed by atoms with Crippen molar-refractivity contribution in [1.29, 1.82) is 0 Å². The second kappa shape index (κ2) is 13.0. The zero-order valence-electron chi connectivity index (χ0n) is 24.5. The van der Waals surface area contributed by atoms with Crippen LogP contribution in [0.15, 0.2) is 95.8 Å². The van der Waals surface area contributed by atoms with Gasteiger partial charge in [0, 0.05) is 53.5 Å². The van der Waals surface area contributed by atoms with E-state index >= 15 is 0 Å². The van der Waals surface area contributed by atoms with Gasteiger partial charge >= 0.3 is 0 Å². The summed E-state index contributed by atoms with van der Waals surface area (Å²) in [5, 5.41) is 27.0. The predicted octanol–water partition coefficient (Wildman–Crippen LogP) is 4.77. The third-order valence-electron chi connectivity index (χ3n) is 8.69. The van der Waals surface area contributed by atoms with Crippen LogP contribution >= 0.6 is 0 Å². The van der Waals surface area contributed by atoms with Gasteiger partial charge in [-0.25, -0.2) is 0 Å². The van der Waals surface area contributed by atoms with E-state index in [4.69, 9.17) is 9.98 Å². The fourth-order valence-corrected chi connectivity index (χ4v) is 6.28. The molecular formula is C35H39N5O3. The number of fused-ring (bicyclic) bond motifs is 2. The van der Waals surface area contributed by atoms with Crippen molar-refractivity contribution in [2.45, 2.75) is 43.7 Å². The van der Waals surface area contributed by atoms with E-state index in [1.165, 1.54) is 0 Å². The van der Waals surface area contributed by atoms with Crippen molar-refractivity contribution in [2.24, 2.45) is 10.9 Å². The van der Waals surface area contributed by atoms with Crippen LogP contribution in [0.2, 0.25) is 0 Å². The van der Waals surface area contributed by atoms with Gasteiger partial charge in [-0.15, -0.1) is 0 Å². The second-order valence-electron chi connectivity index (χ2n) is 11.7. The first-order valence-electron chi connectivity index (χ1n) is 15.1. The van der Waals surface area contributed by atoms with Gasteiger partial charge in [-0.1, -0.05) is 48.6 Å². The van der Waals surface area contributed by atoms with E-state index in [1.54, 1.807) is 0 Å². The highest BCUT2D eigenvalue weighted by molar-refractivity contribution is 6.15. The number of hydrogen-bond acceptors (Lipinski definition) is 7. The lowest BCUT2D eigenvalue weighted by Gasteiger charge is -2.31. The number of allylic oxidation sites excluding steroid dienone is 5. The largest absolute Gasteiger partial charge is 0.395 e. The van der Waals surface area contributed by atoms with E-state index in [0.717, 1.165) is 64.7 Å². The number of anilines is 1. The number of likely N-dealkylation sites (N-methyl/N-ethyl adjacent to an activating group) is 1. The molecule has 0 spiro atoms. The number of rotatable bonds is 9. The average molecular weight is 578 g/mol. The fourth-order valence-electron chi connectivity index (χ4n) is 6.28. The van der Waals surface area contributed by atoms with Crippen molar-refractivity contribution >= 4 is 28.2 Å². The molecule has 3 aromatic rings. The number of aliphatic imine (C=N–C) groups is 1. The number of hydrogen-bond donors (Lipinski definition) is 4. The normalized spacial score (nSPS) is 23.1. The number of nitrogens with zero attached hydrogens (tertiary/aromatic N) is 3. The van der Waals surface area contributed by atoms with Gasteiger partial charge in [0.25, 0.3) is 5.91 Å². The Hall–Kier alpha value is -4.11. The summed E-state index contributed by atoms with van der Waals surface area (Å²) in [4.78, 5) is 24.7. The smallest absolute Gasteiger partial charge is 0.254 e. The molecule has 2 unspecified atom stereocenters. The van der Waals surface area contributed by atoms with Crippen LogP contribution in [0.3, 0.4) is 0 Å². The minimum absolute atomic E-state index is 0.0300. The molecule has 0 saturated heterocycles. The van der Waals surface area contributed by atoms with Crippen molar-refractivity contribution in [1.82, 2.24) is 15.2 Å². The van der Waals surface area contributed by atoms with Gasteiger partial charge in [0.1, 0.15) is 0 Å². The Labute approximate surface area is 252 Å². The number of amides is 1.